The van der Waals surface area contributed by atoms with Gasteiger partial charge in [0.2, 0.25) is 0 Å². The molecule has 0 bridgehead atoms. The predicted molar refractivity (Wildman–Crippen MR) is 103 cm³/mol. The van der Waals surface area contributed by atoms with Gasteiger partial charge in [-0.3, -0.25) is 4.79 Å². The first kappa shape index (κ1) is 18.2. The van der Waals surface area contributed by atoms with Gasteiger partial charge in [-0.15, -0.1) is 0 Å². The number of nitrogen functional groups attached to an aromatic ring is 1. The fraction of sp³-hybridized carbons (Fsp3) is 0.0588. The van der Waals surface area contributed by atoms with Gasteiger partial charge >= 0.3 is 0 Å². The van der Waals surface area contributed by atoms with Gasteiger partial charge in [0.1, 0.15) is 12.4 Å². The minimum atomic E-state index is -0.392. The van der Waals surface area contributed by atoms with Crippen LogP contribution in [-0.2, 0) is 0 Å². The number of carbonyl (C=O) groups excluding carboxylic acids is 1. The summed E-state index contributed by atoms with van der Waals surface area (Å²) in [5, 5.41) is 3.94. The maximum absolute atomic E-state index is 12.2. The highest BCUT2D eigenvalue weighted by Crippen LogP contribution is 2.28. The highest BCUT2D eigenvalue weighted by molar-refractivity contribution is 9.11. The van der Waals surface area contributed by atoms with Crippen molar-refractivity contribution in [3.05, 3.63) is 69.1 Å². The Bertz CT molecular complexity index is 774. The van der Waals surface area contributed by atoms with Crippen LogP contribution in [-0.4, -0.2) is 18.7 Å². The number of carbonyl (C=O) groups is 1. The number of hydrogen-bond acceptors (Lipinski definition) is 4. The van der Waals surface area contributed by atoms with Gasteiger partial charge in [0.25, 0.3) is 5.91 Å². The molecule has 2 rings (SSSR count). The molecule has 24 heavy (non-hydrogen) atoms. The first-order chi connectivity index (χ1) is 11.5. The maximum atomic E-state index is 12.2. The summed E-state index contributed by atoms with van der Waals surface area (Å²) < 4.78 is 6.77. The zero-order valence-electron chi connectivity index (χ0n) is 12.6. The van der Waals surface area contributed by atoms with Crippen LogP contribution in [0.4, 0.5) is 5.69 Å². The van der Waals surface area contributed by atoms with Gasteiger partial charge in [0.15, 0.2) is 0 Å². The van der Waals surface area contributed by atoms with E-state index in [0.717, 1.165) is 15.8 Å². The second-order valence-corrected chi connectivity index (χ2v) is 6.49. The minimum Gasteiger partial charge on any atom is -0.490 e. The van der Waals surface area contributed by atoms with Crippen molar-refractivity contribution in [3.63, 3.8) is 0 Å². The lowest BCUT2D eigenvalue weighted by molar-refractivity contribution is 0.0956. The molecule has 0 aliphatic heterocycles. The van der Waals surface area contributed by atoms with Crippen LogP contribution in [0.25, 0.3) is 0 Å². The lowest BCUT2D eigenvalue weighted by Gasteiger charge is -2.07. The predicted octanol–water partition coefficient (Wildman–Crippen LogP) is 4.12. The molecule has 0 unspecified atom stereocenters. The van der Waals surface area contributed by atoms with E-state index in [1.54, 1.807) is 24.4 Å². The quantitative estimate of drug-likeness (QED) is 0.299. The van der Waals surface area contributed by atoms with Gasteiger partial charge in [0, 0.05) is 8.95 Å². The third kappa shape index (κ3) is 4.94. The molecule has 2 aromatic carbocycles. The molecule has 1 amide bonds. The molecule has 0 aliphatic carbocycles. The van der Waals surface area contributed by atoms with Gasteiger partial charge in [-0.2, -0.15) is 5.10 Å². The van der Waals surface area contributed by atoms with E-state index >= 15 is 0 Å². The molecule has 3 N–H and O–H groups in total. The number of benzene rings is 2. The molecule has 0 fully saturated rings. The summed E-state index contributed by atoms with van der Waals surface area (Å²) in [6.07, 6.45) is 3.22. The van der Waals surface area contributed by atoms with E-state index in [0.29, 0.717) is 22.3 Å². The first-order valence-electron chi connectivity index (χ1n) is 6.93. The normalized spacial score (nSPS) is 10.6. The Morgan fingerprint density at radius 2 is 2.00 bits per heavy atom. The highest BCUT2D eigenvalue weighted by Gasteiger charge is 2.12. The third-order valence-corrected chi connectivity index (χ3v) is 4.08. The van der Waals surface area contributed by atoms with Crippen molar-refractivity contribution in [2.45, 2.75) is 0 Å². The third-order valence-electron chi connectivity index (χ3n) is 2.97. The van der Waals surface area contributed by atoms with Crippen molar-refractivity contribution >= 4 is 49.7 Å². The molecule has 0 saturated carbocycles. The summed E-state index contributed by atoms with van der Waals surface area (Å²) in [5.74, 6) is 0.347. The summed E-state index contributed by atoms with van der Waals surface area (Å²) in [6.45, 7) is 4.04. The summed E-state index contributed by atoms with van der Waals surface area (Å²) >= 11 is 6.63. The van der Waals surface area contributed by atoms with E-state index in [9.17, 15) is 4.79 Å². The molecule has 0 aliphatic rings. The lowest BCUT2D eigenvalue weighted by atomic mass is 10.2. The molecular weight excluding hydrogens is 438 g/mol. The van der Waals surface area contributed by atoms with Crippen molar-refractivity contribution < 1.29 is 9.53 Å². The topological polar surface area (TPSA) is 76.7 Å². The number of ether oxygens (including phenoxy) is 1. The Hall–Kier alpha value is -2.12. The van der Waals surface area contributed by atoms with Crippen LogP contribution in [0.2, 0.25) is 0 Å². The first-order valence-corrected chi connectivity index (χ1v) is 8.51. The van der Waals surface area contributed by atoms with E-state index in [4.69, 9.17) is 10.5 Å². The number of amides is 1. The Morgan fingerprint density at radius 3 is 2.67 bits per heavy atom. The summed E-state index contributed by atoms with van der Waals surface area (Å²) in [5.41, 5.74) is 9.86. The number of rotatable bonds is 6. The van der Waals surface area contributed by atoms with Crippen molar-refractivity contribution in [1.82, 2.24) is 5.43 Å². The van der Waals surface area contributed by atoms with Crippen LogP contribution in [0.1, 0.15) is 15.9 Å². The zero-order chi connectivity index (χ0) is 17.5. The Morgan fingerprint density at radius 1 is 1.29 bits per heavy atom. The molecule has 0 saturated heterocycles. The van der Waals surface area contributed by atoms with Gasteiger partial charge in [-0.25, -0.2) is 5.43 Å². The summed E-state index contributed by atoms with van der Waals surface area (Å²) in [4.78, 5) is 12.2. The van der Waals surface area contributed by atoms with E-state index in [1.165, 1.54) is 0 Å². The molecule has 2 aromatic rings. The summed E-state index contributed by atoms with van der Waals surface area (Å²) in [7, 11) is 0. The van der Waals surface area contributed by atoms with Crippen molar-refractivity contribution in [1.29, 1.82) is 0 Å². The van der Waals surface area contributed by atoms with E-state index in [2.05, 4.69) is 49.0 Å². The fourth-order valence-electron chi connectivity index (χ4n) is 1.80. The van der Waals surface area contributed by atoms with Crippen LogP contribution in [0.15, 0.2) is 63.1 Å². The molecule has 124 valence electrons. The zero-order valence-corrected chi connectivity index (χ0v) is 15.8. The molecule has 0 atom stereocenters. The SMILES string of the molecule is C=CCOc1ccc(/C=N/NC(=O)c2cc(Br)cc(Br)c2N)cc1. The fourth-order valence-corrected chi connectivity index (χ4v) is 3.03. The van der Waals surface area contributed by atoms with Gasteiger partial charge in [0.05, 0.1) is 17.5 Å². The number of halogens is 2. The van der Waals surface area contributed by atoms with Gasteiger partial charge in [-0.05, 0) is 57.9 Å². The molecule has 7 heteroatoms. The van der Waals surface area contributed by atoms with Crippen LogP contribution >= 0.6 is 31.9 Å². The molecule has 5 nitrogen and oxygen atoms in total. The Labute approximate surface area is 156 Å². The minimum absolute atomic E-state index is 0.335. The van der Waals surface area contributed by atoms with Crippen molar-refractivity contribution in [3.8, 4) is 5.75 Å². The second-order valence-electron chi connectivity index (χ2n) is 4.72. The average Bonchev–Trinajstić information content (AvgIpc) is 2.57. The maximum Gasteiger partial charge on any atom is 0.273 e. The number of hydrazone groups is 1. The van der Waals surface area contributed by atoms with Crippen molar-refractivity contribution in [2.75, 3.05) is 12.3 Å². The standard InChI is InChI=1S/C17H15Br2N3O2/c1-2-7-24-13-5-3-11(4-6-13)10-21-22-17(23)14-8-12(18)9-15(19)16(14)20/h2-6,8-10H,1,7,20H2,(H,22,23)/b21-10+. The van der Waals surface area contributed by atoms with Crippen LogP contribution in [0.3, 0.4) is 0 Å². The monoisotopic (exact) mass is 451 g/mol. The molecule has 0 radical (unpaired) electrons. The summed E-state index contributed by atoms with van der Waals surface area (Å²) in [6, 6.07) is 10.7. The van der Waals surface area contributed by atoms with Gasteiger partial charge in [-0.1, -0.05) is 28.6 Å². The van der Waals surface area contributed by atoms with Gasteiger partial charge < -0.3 is 10.5 Å². The number of hydrogen-bond donors (Lipinski definition) is 2. The smallest absolute Gasteiger partial charge is 0.273 e. The van der Waals surface area contributed by atoms with E-state index in [-0.39, 0.29) is 0 Å². The van der Waals surface area contributed by atoms with Crippen LogP contribution < -0.4 is 15.9 Å². The Kier molecular flexibility index (Phi) is 6.57. The highest BCUT2D eigenvalue weighted by atomic mass is 79.9. The molecule has 0 aromatic heterocycles. The van der Waals surface area contributed by atoms with Crippen molar-refractivity contribution in [2.24, 2.45) is 5.10 Å². The second kappa shape index (κ2) is 8.65. The number of nitrogens with one attached hydrogen (secondary N) is 1. The number of nitrogens with two attached hydrogens (primary N) is 1. The molecule has 0 heterocycles. The van der Waals surface area contributed by atoms with E-state index in [1.807, 2.05) is 24.3 Å². The van der Waals surface area contributed by atoms with Crippen LogP contribution in [0.5, 0.6) is 5.75 Å². The molecule has 0 spiro atoms. The Balaban J connectivity index is 2.01. The van der Waals surface area contributed by atoms with Crippen LogP contribution in [0, 0.1) is 0 Å². The number of anilines is 1. The van der Waals surface area contributed by atoms with E-state index < -0.39 is 5.91 Å². The molecular formula is C17H15Br2N3O2. The lowest BCUT2D eigenvalue weighted by Crippen LogP contribution is -2.19. The largest absolute Gasteiger partial charge is 0.490 e. The number of nitrogens with zero attached hydrogens (tertiary/aromatic N) is 1. The average molecular weight is 453 g/mol.